The molecule has 19 heavy (non-hydrogen) atoms. The molecular weight excluding hydrogens is 309 g/mol. The highest BCUT2D eigenvalue weighted by Crippen LogP contribution is 2.24. The Morgan fingerprint density at radius 3 is 2.84 bits per heavy atom. The zero-order chi connectivity index (χ0) is 13.8. The number of nitrogens with one attached hydrogen (secondary N) is 1. The molecule has 2 aromatic rings. The van der Waals surface area contributed by atoms with Crippen LogP contribution in [0.4, 0.5) is 15.8 Å². The van der Waals surface area contributed by atoms with E-state index in [1.54, 1.807) is 18.5 Å². The first-order chi connectivity index (χ1) is 9.08. The molecule has 0 aliphatic heterocycles. The Hall–Kier alpha value is -1.62. The number of rotatable bonds is 4. The Kier molecular flexibility index (Phi) is 4.37. The number of anilines is 2. The molecule has 100 valence electrons. The smallest absolute Gasteiger partial charge is 0.123 e. The average molecular weight is 324 g/mol. The molecule has 0 unspecified atom stereocenters. The van der Waals surface area contributed by atoms with Gasteiger partial charge < -0.3 is 10.2 Å². The van der Waals surface area contributed by atoms with E-state index in [9.17, 15) is 4.39 Å². The van der Waals surface area contributed by atoms with Crippen molar-refractivity contribution < 1.29 is 4.39 Å². The molecule has 0 spiro atoms. The maximum atomic E-state index is 13.2. The van der Waals surface area contributed by atoms with Crippen LogP contribution in [0.1, 0.15) is 5.56 Å². The fraction of sp³-hybridized carbons (Fsp3) is 0.214. The first-order valence-electron chi connectivity index (χ1n) is 5.87. The summed E-state index contributed by atoms with van der Waals surface area (Å²) in [5.41, 5.74) is 2.83. The van der Waals surface area contributed by atoms with Crippen molar-refractivity contribution in [3.05, 3.63) is 52.5 Å². The van der Waals surface area contributed by atoms with Gasteiger partial charge >= 0.3 is 0 Å². The molecule has 0 saturated carbocycles. The van der Waals surface area contributed by atoms with Crippen LogP contribution in [-0.4, -0.2) is 19.1 Å². The summed E-state index contributed by atoms with van der Waals surface area (Å²) < 4.78 is 14.1. The zero-order valence-electron chi connectivity index (χ0n) is 10.8. The minimum atomic E-state index is -0.237. The summed E-state index contributed by atoms with van der Waals surface area (Å²) in [7, 11) is 3.94. The number of hydrogen-bond acceptors (Lipinski definition) is 3. The molecule has 1 aromatic carbocycles. The van der Waals surface area contributed by atoms with Gasteiger partial charge in [-0.1, -0.05) is 15.9 Å². The van der Waals surface area contributed by atoms with Gasteiger partial charge in [-0.2, -0.15) is 0 Å². The Balaban J connectivity index is 2.17. The van der Waals surface area contributed by atoms with Crippen molar-refractivity contribution in [2.45, 2.75) is 6.54 Å². The third-order valence-electron chi connectivity index (χ3n) is 2.76. The van der Waals surface area contributed by atoms with E-state index < -0.39 is 0 Å². The van der Waals surface area contributed by atoms with Crippen LogP contribution in [0.3, 0.4) is 0 Å². The molecular formula is C14H15BrFN3. The van der Waals surface area contributed by atoms with E-state index in [-0.39, 0.29) is 5.82 Å². The standard InChI is InChI=1S/C14H15BrFN3/c1-19(2)14-5-6-17-9-13(14)18-8-10-7-11(16)3-4-12(10)15/h3-7,9,18H,8H2,1-2H3. The van der Waals surface area contributed by atoms with Crippen LogP contribution in [0.15, 0.2) is 41.1 Å². The van der Waals surface area contributed by atoms with E-state index in [4.69, 9.17) is 0 Å². The number of nitrogens with zero attached hydrogens (tertiary/aromatic N) is 2. The highest BCUT2D eigenvalue weighted by atomic mass is 79.9. The molecule has 0 fully saturated rings. The maximum absolute atomic E-state index is 13.2. The lowest BCUT2D eigenvalue weighted by molar-refractivity contribution is 0.625. The van der Waals surface area contributed by atoms with Crippen molar-refractivity contribution in [1.29, 1.82) is 0 Å². The number of halogens is 2. The summed E-state index contributed by atoms with van der Waals surface area (Å²) in [4.78, 5) is 6.11. The zero-order valence-corrected chi connectivity index (χ0v) is 12.4. The van der Waals surface area contributed by atoms with Crippen molar-refractivity contribution in [2.24, 2.45) is 0 Å². The molecule has 0 aliphatic carbocycles. The van der Waals surface area contributed by atoms with E-state index in [0.717, 1.165) is 21.4 Å². The monoisotopic (exact) mass is 323 g/mol. The fourth-order valence-corrected chi connectivity index (χ4v) is 2.17. The van der Waals surface area contributed by atoms with Crippen LogP contribution < -0.4 is 10.2 Å². The second-order valence-corrected chi connectivity index (χ2v) is 5.23. The third-order valence-corrected chi connectivity index (χ3v) is 3.53. The fourth-order valence-electron chi connectivity index (χ4n) is 1.78. The van der Waals surface area contributed by atoms with E-state index >= 15 is 0 Å². The van der Waals surface area contributed by atoms with Crippen LogP contribution in [-0.2, 0) is 6.54 Å². The molecule has 1 N–H and O–H groups in total. The van der Waals surface area contributed by atoms with Gasteiger partial charge in [-0.3, -0.25) is 4.98 Å². The summed E-state index contributed by atoms with van der Waals surface area (Å²) in [6.45, 7) is 0.533. The van der Waals surface area contributed by atoms with Gasteiger partial charge in [0.15, 0.2) is 0 Å². The van der Waals surface area contributed by atoms with Gasteiger partial charge in [0.25, 0.3) is 0 Å². The largest absolute Gasteiger partial charge is 0.378 e. The molecule has 0 saturated heterocycles. The van der Waals surface area contributed by atoms with Gasteiger partial charge in [0, 0.05) is 31.3 Å². The molecule has 1 heterocycles. The van der Waals surface area contributed by atoms with E-state index in [0.29, 0.717) is 6.54 Å². The van der Waals surface area contributed by atoms with Gasteiger partial charge in [0.05, 0.1) is 17.6 Å². The first kappa shape index (κ1) is 13.8. The maximum Gasteiger partial charge on any atom is 0.123 e. The summed E-state index contributed by atoms with van der Waals surface area (Å²) in [5.74, 6) is -0.237. The van der Waals surface area contributed by atoms with Gasteiger partial charge in [-0.05, 0) is 29.8 Å². The second-order valence-electron chi connectivity index (χ2n) is 4.38. The SMILES string of the molecule is CN(C)c1ccncc1NCc1cc(F)ccc1Br. The van der Waals surface area contributed by atoms with Crippen molar-refractivity contribution in [3.63, 3.8) is 0 Å². The summed E-state index contributed by atoms with van der Waals surface area (Å²) in [6, 6.07) is 6.59. The Morgan fingerprint density at radius 1 is 1.32 bits per heavy atom. The summed E-state index contributed by atoms with van der Waals surface area (Å²) in [5, 5.41) is 3.28. The molecule has 0 radical (unpaired) electrons. The number of benzene rings is 1. The van der Waals surface area contributed by atoms with E-state index in [1.165, 1.54) is 12.1 Å². The number of aromatic nitrogens is 1. The van der Waals surface area contributed by atoms with Crippen LogP contribution in [0.25, 0.3) is 0 Å². The molecule has 5 heteroatoms. The molecule has 1 aromatic heterocycles. The molecule has 0 bridgehead atoms. The topological polar surface area (TPSA) is 28.2 Å². The van der Waals surface area contributed by atoms with Gasteiger partial charge in [0.2, 0.25) is 0 Å². The van der Waals surface area contributed by atoms with Crippen molar-refractivity contribution in [1.82, 2.24) is 4.98 Å². The van der Waals surface area contributed by atoms with E-state index in [2.05, 4.69) is 26.2 Å². The van der Waals surface area contributed by atoms with Crippen LogP contribution in [0, 0.1) is 5.82 Å². The lowest BCUT2D eigenvalue weighted by atomic mass is 10.2. The van der Waals surface area contributed by atoms with Crippen LogP contribution in [0.5, 0.6) is 0 Å². The average Bonchev–Trinajstić information content (AvgIpc) is 2.40. The van der Waals surface area contributed by atoms with Gasteiger partial charge in [-0.25, -0.2) is 4.39 Å². The highest BCUT2D eigenvalue weighted by molar-refractivity contribution is 9.10. The van der Waals surface area contributed by atoms with Crippen molar-refractivity contribution >= 4 is 27.3 Å². The summed E-state index contributed by atoms with van der Waals surface area (Å²) in [6.07, 6.45) is 3.52. The Morgan fingerprint density at radius 2 is 2.11 bits per heavy atom. The number of pyridine rings is 1. The van der Waals surface area contributed by atoms with Crippen molar-refractivity contribution in [2.75, 3.05) is 24.3 Å². The predicted octanol–water partition coefficient (Wildman–Crippen LogP) is 3.66. The van der Waals surface area contributed by atoms with Gasteiger partial charge in [0.1, 0.15) is 5.82 Å². The lowest BCUT2D eigenvalue weighted by Gasteiger charge is -2.18. The minimum absolute atomic E-state index is 0.237. The second kappa shape index (κ2) is 6.02. The highest BCUT2D eigenvalue weighted by Gasteiger charge is 2.06. The van der Waals surface area contributed by atoms with Crippen molar-refractivity contribution in [3.8, 4) is 0 Å². The molecule has 0 amide bonds. The Labute approximate surface area is 120 Å². The van der Waals surface area contributed by atoms with Gasteiger partial charge in [-0.15, -0.1) is 0 Å². The Bertz CT molecular complexity index is 572. The van der Waals surface area contributed by atoms with Crippen LogP contribution >= 0.6 is 15.9 Å². The third kappa shape index (κ3) is 3.44. The number of hydrogen-bond donors (Lipinski definition) is 1. The summed E-state index contributed by atoms with van der Waals surface area (Å²) >= 11 is 3.42. The normalized spacial score (nSPS) is 10.3. The molecule has 3 nitrogen and oxygen atoms in total. The molecule has 0 aliphatic rings. The molecule has 2 rings (SSSR count). The quantitative estimate of drug-likeness (QED) is 0.930. The first-order valence-corrected chi connectivity index (χ1v) is 6.66. The van der Waals surface area contributed by atoms with Crippen LogP contribution in [0.2, 0.25) is 0 Å². The minimum Gasteiger partial charge on any atom is -0.378 e. The van der Waals surface area contributed by atoms with E-state index in [1.807, 2.05) is 25.1 Å². The molecule has 0 atom stereocenters. The lowest BCUT2D eigenvalue weighted by Crippen LogP contribution is -2.12. The predicted molar refractivity (Wildman–Crippen MR) is 80.0 cm³/mol.